The highest BCUT2D eigenvalue weighted by Gasteiger charge is 2.63. The van der Waals surface area contributed by atoms with Gasteiger partial charge in [-0.3, -0.25) is 34.2 Å². The van der Waals surface area contributed by atoms with E-state index in [0.717, 1.165) is 37.7 Å². The number of β-lactam (4-membered cyclic amide) rings is 2. The molecule has 70 heavy (non-hydrogen) atoms. The van der Waals surface area contributed by atoms with Gasteiger partial charge in [0, 0.05) is 25.9 Å². The summed E-state index contributed by atoms with van der Waals surface area (Å²) >= 11 is 1.44. The van der Waals surface area contributed by atoms with Crippen molar-refractivity contribution in [1.82, 2.24) is 9.96 Å². The Balaban J connectivity index is 1.38. The van der Waals surface area contributed by atoms with E-state index in [2.05, 4.69) is 0 Å². The second-order valence-electron chi connectivity index (χ2n) is 16.8. The van der Waals surface area contributed by atoms with Crippen LogP contribution in [-0.2, 0) is 44.8 Å². The van der Waals surface area contributed by atoms with Gasteiger partial charge in [-0.2, -0.15) is 0 Å². The van der Waals surface area contributed by atoms with E-state index in [0.29, 0.717) is 5.56 Å². The third-order valence-corrected chi connectivity index (χ3v) is 18.8. The minimum absolute atomic E-state index is 0.0585. The molecule has 9 rings (SSSR count). The Morgan fingerprint density at radius 3 is 1.50 bits per heavy atom. The van der Waals surface area contributed by atoms with Crippen LogP contribution < -0.4 is 15.9 Å². The Labute approximate surface area is 409 Å². The minimum Gasteiger partial charge on any atom is -0.459 e. The molecule has 2 aliphatic heterocycles. The number of rotatable bonds is 17. The highest BCUT2D eigenvalue weighted by atomic mass is 32.2. The number of carbonyl (C=O) groups is 4. The second-order valence-corrected chi connectivity index (χ2v) is 21.4. The molecule has 4 atom stereocenters. The molecule has 352 valence electrons. The van der Waals surface area contributed by atoms with Crippen LogP contribution in [0, 0.1) is 16.0 Å². The zero-order valence-corrected chi connectivity index (χ0v) is 39.9. The topological polar surface area (TPSA) is 146 Å². The van der Waals surface area contributed by atoms with Gasteiger partial charge in [-0.15, -0.1) is 11.8 Å². The third kappa shape index (κ3) is 8.72. The SMILES string of the molecule is CON1C(=O)C[C@@H]1C(OC(C)=O)[C@H]1C(=O)N(C(C(=O)OCc2ccc([N+](=O)[O-])cc2)=P(c2ccccc2)(c2ccccc2)c2ccccc2)[C@@H]1SC(c1ccccc1)(c1ccccc1)c1ccccc1. The van der Waals surface area contributed by atoms with Crippen molar-refractivity contribution >= 4 is 69.4 Å². The molecule has 2 heterocycles. The number of hydrogen-bond donors (Lipinski definition) is 0. The maximum absolute atomic E-state index is 16.2. The van der Waals surface area contributed by atoms with E-state index in [4.69, 9.17) is 14.3 Å². The maximum Gasteiger partial charge on any atom is 0.356 e. The van der Waals surface area contributed by atoms with E-state index in [9.17, 15) is 19.7 Å². The number of benzene rings is 7. The molecular formula is C56H48N3O9PS. The Bertz CT molecular complexity index is 2860. The minimum atomic E-state index is -3.52. The zero-order chi connectivity index (χ0) is 48.8. The van der Waals surface area contributed by atoms with Gasteiger partial charge in [0.05, 0.1) is 28.6 Å². The predicted molar refractivity (Wildman–Crippen MR) is 272 cm³/mol. The summed E-state index contributed by atoms with van der Waals surface area (Å²) in [7, 11) is 1.35. The molecule has 14 heteroatoms. The highest BCUT2D eigenvalue weighted by Crippen LogP contribution is 2.58. The summed E-state index contributed by atoms with van der Waals surface area (Å²) in [5.74, 6) is -3.48. The van der Waals surface area contributed by atoms with Crippen molar-refractivity contribution in [2.75, 3.05) is 7.11 Å². The molecule has 1 unspecified atom stereocenters. The first-order valence-electron chi connectivity index (χ1n) is 22.6. The van der Waals surface area contributed by atoms with Crippen LogP contribution in [0.5, 0.6) is 0 Å². The summed E-state index contributed by atoms with van der Waals surface area (Å²) in [5.41, 5.74) is 3.04. The standard InChI is InChI=1S/C56H48N3O9PS/c1-39(60)68-51(48-37-49(61)58(48)66-2)50-52(62)57(54(50)70-56(41-21-9-3-10-22-41,42-23-11-4-12-24-42)43-25-13-5-14-26-43)53(55(63)67-38-40-33-35-44(36-34-40)59(64)65)69(45-27-15-6-16-28-45,46-29-17-7-18-30-46)47-31-19-8-20-32-47/h3-36,48,50-51,54H,37-38H2,1-2H3/t48-,50+,51?,54-/m1/s1. The van der Waals surface area contributed by atoms with Gasteiger partial charge in [-0.25, -0.2) is 9.86 Å². The van der Waals surface area contributed by atoms with Gasteiger partial charge >= 0.3 is 11.9 Å². The fourth-order valence-corrected chi connectivity index (χ4v) is 16.0. The Morgan fingerprint density at radius 1 is 0.686 bits per heavy atom. The number of ether oxygens (including phenoxy) is 2. The van der Waals surface area contributed by atoms with E-state index >= 15 is 9.59 Å². The quantitative estimate of drug-likeness (QED) is 0.0218. The number of hydrogen-bond acceptors (Lipinski definition) is 10. The van der Waals surface area contributed by atoms with Gasteiger partial charge in [0.25, 0.3) is 5.69 Å². The van der Waals surface area contributed by atoms with Gasteiger partial charge in [0.1, 0.15) is 30.1 Å². The number of amides is 2. The average Bonchev–Trinajstić information content (AvgIpc) is 3.40. The van der Waals surface area contributed by atoms with Crippen LogP contribution in [0.4, 0.5) is 5.69 Å². The summed E-state index contributed by atoms with van der Waals surface area (Å²) in [6.45, 7) is -2.54. The van der Waals surface area contributed by atoms with Crippen LogP contribution in [0.1, 0.15) is 35.6 Å². The van der Waals surface area contributed by atoms with Crippen LogP contribution in [0.25, 0.3) is 0 Å². The van der Waals surface area contributed by atoms with Crippen molar-refractivity contribution in [3.05, 3.63) is 239 Å². The number of likely N-dealkylation sites (tertiary alicyclic amines) is 1. The van der Waals surface area contributed by atoms with Crippen LogP contribution in [-0.4, -0.2) is 68.7 Å². The van der Waals surface area contributed by atoms with E-state index in [1.165, 1.54) is 50.1 Å². The Hall–Kier alpha value is -7.57. The molecule has 0 N–H and O–H groups in total. The van der Waals surface area contributed by atoms with Gasteiger partial charge in [0.2, 0.25) is 11.8 Å². The summed E-state index contributed by atoms with van der Waals surface area (Å²) in [5, 5.41) is 14.0. The molecule has 2 amide bonds. The Kier molecular flexibility index (Phi) is 14.0. The molecule has 2 fully saturated rings. The lowest BCUT2D eigenvalue weighted by molar-refractivity contribution is -0.384. The molecule has 7 aromatic carbocycles. The van der Waals surface area contributed by atoms with Gasteiger partial charge in [-0.05, 0) is 50.3 Å². The molecule has 0 spiro atoms. The third-order valence-electron chi connectivity index (χ3n) is 12.8. The summed E-state index contributed by atoms with van der Waals surface area (Å²) in [6.07, 6.45) is -1.27. The van der Waals surface area contributed by atoms with Gasteiger partial charge in [0.15, 0.2) is 0 Å². The first-order chi connectivity index (χ1) is 34.1. The molecular weight excluding hydrogens is 922 g/mol. The van der Waals surface area contributed by atoms with E-state index in [1.807, 2.05) is 182 Å². The molecule has 2 aliphatic rings. The molecule has 7 aromatic rings. The van der Waals surface area contributed by atoms with Crippen molar-refractivity contribution in [2.24, 2.45) is 5.92 Å². The van der Waals surface area contributed by atoms with Gasteiger partial charge < -0.3 is 9.47 Å². The van der Waals surface area contributed by atoms with Crippen LogP contribution in [0.15, 0.2) is 206 Å². The number of esters is 2. The lowest BCUT2D eigenvalue weighted by Gasteiger charge is -2.56. The number of hydroxylamine groups is 2. The number of nitro groups is 1. The molecule has 0 radical (unpaired) electrons. The molecule has 2 saturated heterocycles. The van der Waals surface area contributed by atoms with E-state index in [-0.39, 0.29) is 30.0 Å². The lowest BCUT2D eigenvalue weighted by atomic mass is 9.82. The number of non-ortho nitro benzene ring substituents is 1. The number of nitro benzene ring substituents is 1. The predicted octanol–water partition coefficient (Wildman–Crippen LogP) is 8.37. The zero-order valence-electron chi connectivity index (χ0n) is 38.2. The number of nitrogens with zero attached hydrogens (tertiary/aromatic N) is 3. The smallest absolute Gasteiger partial charge is 0.356 e. The van der Waals surface area contributed by atoms with Crippen LogP contribution in [0.3, 0.4) is 0 Å². The monoisotopic (exact) mass is 969 g/mol. The summed E-state index contributed by atoms with van der Waals surface area (Å²) in [4.78, 5) is 76.9. The molecule has 0 saturated carbocycles. The fraction of sp³-hybridized carbons (Fsp3) is 0.161. The van der Waals surface area contributed by atoms with Crippen molar-refractivity contribution in [3.63, 3.8) is 0 Å². The van der Waals surface area contributed by atoms with Crippen molar-refractivity contribution in [1.29, 1.82) is 0 Å². The summed E-state index contributed by atoms with van der Waals surface area (Å²) in [6, 6.07) is 63.5. The number of thioether (sulfide) groups is 1. The fourth-order valence-electron chi connectivity index (χ4n) is 9.63. The van der Waals surface area contributed by atoms with E-state index < -0.39 is 57.8 Å². The van der Waals surface area contributed by atoms with Crippen LogP contribution >= 0.6 is 18.6 Å². The molecule has 0 aromatic heterocycles. The molecule has 12 nitrogen and oxygen atoms in total. The van der Waals surface area contributed by atoms with Crippen molar-refractivity contribution < 1.29 is 38.4 Å². The normalized spacial score (nSPS) is 17.1. The summed E-state index contributed by atoms with van der Waals surface area (Å²) < 4.78 is 11.5. The maximum atomic E-state index is 16.2. The van der Waals surface area contributed by atoms with Gasteiger partial charge in [-0.1, -0.05) is 182 Å². The lowest BCUT2D eigenvalue weighted by Crippen LogP contribution is -2.72. The highest BCUT2D eigenvalue weighted by molar-refractivity contribution is 8.01. The largest absolute Gasteiger partial charge is 0.459 e. The van der Waals surface area contributed by atoms with Crippen molar-refractivity contribution in [2.45, 2.75) is 42.2 Å². The van der Waals surface area contributed by atoms with Crippen LogP contribution in [0.2, 0.25) is 0 Å². The molecule has 0 aliphatic carbocycles. The van der Waals surface area contributed by atoms with E-state index in [1.54, 1.807) is 4.90 Å². The van der Waals surface area contributed by atoms with Crippen molar-refractivity contribution in [3.8, 4) is 0 Å². The first-order valence-corrected chi connectivity index (χ1v) is 25.3. The Morgan fingerprint density at radius 2 is 1.11 bits per heavy atom. The second kappa shape index (κ2) is 20.6. The molecule has 0 bridgehead atoms. The number of carbonyl (C=O) groups excluding carboxylic acids is 4. The first kappa shape index (κ1) is 47.5. The average molecular weight is 970 g/mol.